The number of rotatable bonds is 6. The molecule has 0 heterocycles. The molecule has 0 bridgehead atoms. The van der Waals surface area contributed by atoms with Crippen LogP contribution in [0.1, 0.15) is 24.1 Å². The third kappa shape index (κ3) is 4.22. The minimum atomic E-state index is -0.937. The number of nitrogens with one attached hydrogen (secondary N) is 1. The van der Waals surface area contributed by atoms with Gasteiger partial charge in [0.05, 0.1) is 26.7 Å². The molecule has 2 aromatic rings. The Morgan fingerprint density at radius 3 is 2.38 bits per heavy atom. The van der Waals surface area contributed by atoms with E-state index in [1.54, 1.807) is 25.1 Å². The van der Waals surface area contributed by atoms with Gasteiger partial charge < -0.3 is 14.8 Å². The van der Waals surface area contributed by atoms with E-state index >= 15 is 0 Å². The van der Waals surface area contributed by atoms with Gasteiger partial charge in [0.15, 0.2) is 23.1 Å². The van der Waals surface area contributed by atoms with E-state index in [-0.39, 0.29) is 12.3 Å². The summed E-state index contributed by atoms with van der Waals surface area (Å²) in [6, 6.07) is 8.34. The smallest absolute Gasteiger partial charge is 0.224 e. The summed E-state index contributed by atoms with van der Waals surface area (Å²) >= 11 is 0. The van der Waals surface area contributed by atoms with Crippen molar-refractivity contribution in [3.8, 4) is 11.5 Å². The van der Waals surface area contributed by atoms with Crippen LogP contribution < -0.4 is 14.8 Å². The number of carbonyl (C=O) groups is 1. The highest BCUT2D eigenvalue weighted by molar-refractivity contribution is 5.79. The molecular formula is C18H19F2NO3. The molecule has 0 spiro atoms. The molecule has 1 N–H and O–H groups in total. The van der Waals surface area contributed by atoms with Gasteiger partial charge in [-0.15, -0.1) is 0 Å². The average molecular weight is 335 g/mol. The molecule has 0 saturated heterocycles. The van der Waals surface area contributed by atoms with Gasteiger partial charge in [0.1, 0.15) is 0 Å². The van der Waals surface area contributed by atoms with Crippen LogP contribution in [0.25, 0.3) is 0 Å². The van der Waals surface area contributed by atoms with Crippen molar-refractivity contribution in [2.24, 2.45) is 0 Å². The number of hydrogen-bond donors (Lipinski definition) is 1. The molecule has 0 saturated carbocycles. The first-order chi connectivity index (χ1) is 11.4. The van der Waals surface area contributed by atoms with Gasteiger partial charge in [0.2, 0.25) is 5.91 Å². The second-order valence-corrected chi connectivity index (χ2v) is 5.33. The van der Waals surface area contributed by atoms with Crippen LogP contribution in [0.2, 0.25) is 0 Å². The fourth-order valence-electron chi connectivity index (χ4n) is 2.33. The number of halogens is 2. The molecule has 0 radical (unpaired) electrons. The maximum absolute atomic E-state index is 13.3. The summed E-state index contributed by atoms with van der Waals surface area (Å²) in [6.07, 6.45) is 0.133. The molecule has 0 aliphatic rings. The topological polar surface area (TPSA) is 47.6 Å². The van der Waals surface area contributed by atoms with Crippen LogP contribution in [0.4, 0.5) is 8.78 Å². The molecule has 0 aliphatic carbocycles. The van der Waals surface area contributed by atoms with Crippen molar-refractivity contribution in [1.82, 2.24) is 5.32 Å². The van der Waals surface area contributed by atoms with E-state index in [9.17, 15) is 13.6 Å². The summed E-state index contributed by atoms with van der Waals surface area (Å²) in [6.45, 7) is 1.71. The number of ether oxygens (including phenoxy) is 2. The van der Waals surface area contributed by atoms with Crippen LogP contribution in [0.5, 0.6) is 11.5 Å². The van der Waals surface area contributed by atoms with Gasteiger partial charge >= 0.3 is 0 Å². The molecule has 1 atom stereocenters. The van der Waals surface area contributed by atoms with E-state index in [1.807, 2.05) is 0 Å². The van der Waals surface area contributed by atoms with Crippen LogP contribution in [0.15, 0.2) is 36.4 Å². The lowest BCUT2D eigenvalue weighted by Crippen LogP contribution is -2.28. The van der Waals surface area contributed by atoms with Crippen molar-refractivity contribution in [2.75, 3.05) is 14.2 Å². The monoisotopic (exact) mass is 335 g/mol. The average Bonchev–Trinajstić information content (AvgIpc) is 2.56. The van der Waals surface area contributed by atoms with Crippen LogP contribution in [-0.2, 0) is 11.2 Å². The van der Waals surface area contributed by atoms with E-state index in [1.165, 1.54) is 20.3 Å². The molecule has 24 heavy (non-hydrogen) atoms. The lowest BCUT2D eigenvalue weighted by Gasteiger charge is -2.15. The maximum Gasteiger partial charge on any atom is 0.224 e. The van der Waals surface area contributed by atoms with Gasteiger partial charge in [0, 0.05) is 0 Å². The summed E-state index contributed by atoms with van der Waals surface area (Å²) < 4.78 is 36.6. The summed E-state index contributed by atoms with van der Waals surface area (Å²) in [5.41, 5.74) is 1.25. The van der Waals surface area contributed by atoms with Crippen molar-refractivity contribution in [1.29, 1.82) is 0 Å². The summed E-state index contributed by atoms with van der Waals surface area (Å²) in [5.74, 6) is -0.969. The van der Waals surface area contributed by atoms with Crippen molar-refractivity contribution in [2.45, 2.75) is 19.4 Å². The summed E-state index contributed by atoms with van der Waals surface area (Å²) in [7, 11) is 3.06. The Morgan fingerprint density at radius 1 is 1.04 bits per heavy atom. The molecule has 2 aromatic carbocycles. The van der Waals surface area contributed by atoms with E-state index in [0.717, 1.165) is 17.7 Å². The fourth-order valence-corrected chi connectivity index (χ4v) is 2.33. The Kier molecular flexibility index (Phi) is 5.73. The zero-order valence-electron chi connectivity index (χ0n) is 13.7. The van der Waals surface area contributed by atoms with Crippen molar-refractivity contribution in [3.05, 3.63) is 59.2 Å². The van der Waals surface area contributed by atoms with Gasteiger partial charge in [-0.25, -0.2) is 8.78 Å². The van der Waals surface area contributed by atoms with Gasteiger partial charge in [-0.3, -0.25) is 4.79 Å². The Balaban J connectivity index is 2.03. The van der Waals surface area contributed by atoms with Gasteiger partial charge in [-0.1, -0.05) is 12.1 Å². The number of amides is 1. The standard InChI is InChI=1S/C18H19F2NO3/c1-11(13-5-6-14(19)15(20)10-13)21-18(22)9-12-4-7-16(23-2)17(8-12)24-3/h4-8,10-11H,9H2,1-3H3,(H,21,22). The van der Waals surface area contributed by atoms with Gasteiger partial charge in [0.25, 0.3) is 0 Å². The molecule has 128 valence electrons. The van der Waals surface area contributed by atoms with E-state index < -0.39 is 17.7 Å². The lowest BCUT2D eigenvalue weighted by molar-refractivity contribution is -0.121. The second-order valence-electron chi connectivity index (χ2n) is 5.33. The number of methoxy groups -OCH3 is 2. The first kappa shape index (κ1) is 17.7. The highest BCUT2D eigenvalue weighted by atomic mass is 19.2. The van der Waals surface area contributed by atoms with Crippen LogP contribution in [-0.4, -0.2) is 20.1 Å². The Morgan fingerprint density at radius 2 is 1.75 bits per heavy atom. The third-order valence-corrected chi connectivity index (χ3v) is 3.63. The van der Waals surface area contributed by atoms with Crippen molar-refractivity contribution < 1.29 is 23.0 Å². The first-order valence-corrected chi connectivity index (χ1v) is 7.39. The highest BCUT2D eigenvalue weighted by Crippen LogP contribution is 2.27. The zero-order chi connectivity index (χ0) is 17.7. The molecule has 1 amide bonds. The summed E-state index contributed by atoms with van der Waals surface area (Å²) in [5, 5.41) is 2.76. The van der Waals surface area contributed by atoms with Gasteiger partial charge in [-0.2, -0.15) is 0 Å². The Bertz CT molecular complexity index is 734. The number of hydrogen-bond acceptors (Lipinski definition) is 3. The quantitative estimate of drug-likeness (QED) is 0.880. The SMILES string of the molecule is COc1ccc(CC(=O)NC(C)c2ccc(F)c(F)c2)cc1OC. The minimum absolute atomic E-state index is 0.133. The van der Waals surface area contributed by atoms with Crippen molar-refractivity contribution >= 4 is 5.91 Å². The molecule has 4 nitrogen and oxygen atoms in total. The van der Waals surface area contributed by atoms with E-state index in [0.29, 0.717) is 17.1 Å². The molecule has 0 fully saturated rings. The summed E-state index contributed by atoms with van der Waals surface area (Å²) in [4.78, 5) is 12.2. The molecule has 6 heteroatoms. The molecular weight excluding hydrogens is 316 g/mol. The minimum Gasteiger partial charge on any atom is -0.493 e. The predicted octanol–water partition coefficient (Wildman–Crippen LogP) is 3.40. The third-order valence-electron chi connectivity index (χ3n) is 3.63. The van der Waals surface area contributed by atoms with E-state index in [4.69, 9.17) is 9.47 Å². The largest absolute Gasteiger partial charge is 0.493 e. The molecule has 0 aromatic heterocycles. The van der Waals surface area contributed by atoms with Crippen LogP contribution in [0.3, 0.4) is 0 Å². The Hall–Kier alpha value is -2.63. The number of benzene rings is 2. The molecule has 0 aliphatic heterocycles. The van der Waals surface area contributed by atoms with Gasteiger partial charge in [-0.05, 0) is 42.3 Å². The van der Waals surface area contributed by atoms with E-state index in [2.05, 4.69) is 5.32 Å². The fraction of sp³-hybridized carbons (Fsp3) is 0.278. The number of carbonyl (C=O) groups excluding carboxylic acids is 1. The van der Waals surface area contributed by atoms with Crippen LogP contribution >= 0.6 is 0 Å². The molecule has 2 rings (SSSR count). The Labute approximate surface area is 139 Å². The normalized spacial score (nSPS) is 11.7. The predicted molar refractivity (Wildman–Crippen MR) is 86.2 cm³/mol. The lowest BCUT2D eigenvalue weighted by atomic mass is 10.1. The maximum atomic E-state index is 13.3. The first-order valence-electron chi connectivity index (χ1n) is 7.39. The zero-order valence-corrected chi connectivity index (χ0v) is 13.7. The van der Waals surface area contributed by atoms with Crippen molar-refractivity contribution in [3.63, 3.8) is 0 Å². The second kappa shape index (κ2) is 7.77. The highest BCUT2D eigenvalue weighted by Gasteiger charge is 2.13. The molecule has 1 unspecified atom stereocenters. The van der Waals surface area contributed by atoms with Crippen LogP contribution in [0, 0.1) is 11.6 Å².